The summed E-state index contributed by atoms with van der Waals surface area (Å²) in [4.78, 5) is 29.3. The van der Waals surface area contributed by atoms with E-state index in [9.17, 15) is 9.59 Å². The number of carboxylic acid groups (broad SMARTS) is 1. The Hall–Kier alpha value is -1.95. The van der Waals surface area contributed by atoms with Crippen molar-refractivity contribution in [1.29, 1.82) is 0 Å². The first-order valence-corrected chi connectivity index (χ1v) is 7.57. The second kappa shape index (κ2) is 7.89. The average molecular weight is 306 g/mol. The molecule has 0 aliphatic carbocycles. The van der Waals surface area contributed by atoms with Crippen molar-refractivity contribution in [3.8, 4) is 0 Å². The number of aliphatic carboxylic acids is 1. The van der Waals surface area contributed by atoms with Gasteiger partial charge in [-0.1, -0.05) is 6.07 Å². The van der Waals surface area contributed by atoms with E-state index < -0.39 is 5.97 Å². The molecule has 6 nitrogen and oxygen atoms in total. The first-order valence-electron chi connectivity index (χ1n) is 7.57. The Labute approximate surface area is 130 Å². The Bertz CT molecular complexity index is 509. The first kappa shape index (κ1) is 16.4. The monoisotopic (exact) mass is 306 g/mol. The molecule has 120 valence electrons. The van der Waals surface area contributed by atoms with Gasteiger partial charge in [0.1, 0.15) is 0 Å². The summed E-state index contributed by atoms with van der Waals surface area (Å²) in [5.41, 5.74) is 1.76. The number of aromatic nitrogens is 1. The lowest BCUT2D eigenvalue weighted by atomic mass is 10.0. The van der Waals surface area contributed by atoms with Crippen molar-refractivity contribution in [3.05, 3.63) is 29.6 Å². The number of carbonyl (C=O) groups excluding carboxylic acids is 1. The van der Waals surface area contributed by atoms with Crippen molar-refractivity contribution in [2.45, 2.75) is 38.6 Å². The van der Waals surface area contributed by atoms with E-state index in [0.29, 0.717) is 13.2 Å². The molecule has 1 amide bonds. The molecule has 0 radical (unpaired) electrons. The molecule has 1 saturated heterocycles. The van der Waals surface area contributed by atoms with Crippen LogP contribution in [0.3, 0.4) is 0 Å². The minimum atomic E-state index is -0.887. The number of carboxylic acids is 1. The van der Waals surface area contributed by atoms with Crippen molar-refractivity contribution in [2.24, 2.45) is 0 Å². The third kappa shape index (κ3) is 4.80. The molecule has 0 saturated carbocycles. The molecule has 0 aromatic carbocycles. The number of hydrogen-bond acceptors (Lipinski definition) is 4. The van der Waals surface area contributed by atoms with E-state index in [-0.39, 0.29) is 31.3 Å². The molecule has 1 aromatic heterocycles. The zero-order valence-electron chi connectivity index (χ0n) is 12.8. The number of aryl methyl sites for hydroxylation is 1. The van der Waals surface area contributed by atoms with Gasteiger partial charge in [-0.05, 0) is 31.4 Å². The van der Waals surface area contributed by atoms with Gasteiger partial charge < -0.3 is 14.7 Å². The van der Waals surface area contributed by atoms with Crippen LogP contribution in [0.1, 0.15) is 30.5 Å². The summed E-state index contributed by atoms with van der Waals surface area (Å²) in [7, 11) is 0. The molecule has 1 aliphatic heterocycles. The molecular weight excluding hydrogens is 284 g/mol. The number of hydrogen-bond donors (Lipinski definition) is 1. The third-order valence-corrected chi connectivity index (χ3v) is 3.85. The fourth-order valence-corrected chi connectivity index (χ4v) is 2.60. The highest BCUT2D eigenvalue weighted by Crippen LogP contribution is 2.16. The van der Waals surface area contributed by atoms with Crippen LogP contribution in [-0.4, -0.2) is 52.7 Å². The van der Waals surface area contributed by atoms with E-state index in [1.165, 1.54) is 0 Å². The molecule has 1 aromatic rings. The van der Waals surface area contributed by atoms with Crippen LogP contribution in [0.15, 0.2) is 18.3 Å². The molecule has 2 heterocycles. The van der Waals surface area contributed by atoms with Crippen molar-refractivity contribution < 1.29 is 19.4 Å². The molecule has 0 bridgehead atoms. The second-order valence-corrected chi connectivity index (χ2v) is 5.56. The summed E-state index contributed by atoms with van der Waals surface area (Å²) < 4.78 is 5.32. The van der Waals surface area contributed by atoms with Crippen LogP contribution in [0.4, 0.5) is 0 Å². The summed E-state index contributed by atoms with van der Waals surface area (Å²) in [6, 6.07) is 3.83. The van der Waals surface area contributed by atoms with Gasteiger partial charge in [-0.15, -0.1) is 0 Å². The van der Waals surface area contributed by atoms with Crippen molar-refractivity contribution in [1.82, 2.24) is 9.88 Å². The van der Waals surface area contributed by atoms with E-state index in [2.05, 4.69) is 4.98 Å². The topological polar surface area (TPSA) is 79.7 Å². The molecule has 22 heavy (non-hydrogen) atoms. The summed E-state index contributed by atoms with van der Waals surface area (Å²) in [6.07, 6.45) is 3.45. The van der Waals surface area contributed by atoms with Crippen LogP contribution in [0, 0.1) is 6.92 Å². The number of amides is 1. The highest BCUT2D eigenvalue weighted by atomic mass is 16.5. The van der Waals surface area contributed by atoms with E-state index in [4.69, 9.17) is 9.84 Å². The maximum absolute atomic E-state index is 12.6. The van der Waals surface area contributed by atoms with E-state index in [1.807, 2.05) is 19.1 Å². The molecular formula is C16H22N2O4. The molecule has 6 heteroatoms. The van der Waals surface area contributed by atoms with Crippen molar-refractivity contribution in [2.75, 3.05) is 19.8 Å². The Balaban J connectivity index is 2.03. The number of rotatable bonds is 6. The van der Waals surface area contributed by atoms with Crippen LogP contribution >= 0.6 is 0 Å². The van der Waals surface area contributed by atoms with Crippen molar-refractivity contribution in [3.63, 3.8) is 0 Å². The normalized spacial score (nSPS) is 15.5. The number of nitrogens with zero attached hydrogens (tertiary/aromatic N) is 2. The molecule has 1 N–H and O–H groups in total. The standard InChI is InChI=1S/C16H22N2O4/c1-12-2-3-13(11-17-12)10-15(19)18(7-4-16(20)21)14-5-8-22-9-6-14/h2-3,11,14H,4-10H2,1H3,(H,20,21). The van der Waals surface area contributed by atoms with E-state index >= 15 is 0 Å². The lowest BCUT2D eigenvalue weighted by Gasteiger charge is -2.34. The average Bonchev–Trinajstić information content (AvgIpc) is 2.50. The number of ether oxygens (including phenoxy) is 1. The predicted molar refractivity (Wildman–Crippen MR) is 80.5 cm³/mol. The zero-order valence-corrected chi connectivity index (χ0v) is 12.8. The Kier molecular flexibility index (Phi) is 5.89. The third-order valence-electron chi connectivity index (χ3n) is 3.85. The molecule has 0 unspecified atom stereocenters. The Morgan fingerprint density at radius 1 is 1.36 bits per heavy atom. The van der Waals surface area contributed by atoms with Gasteiger partial charge in [0.25, 0.3) is 0 Å². The Morgan fingerprint density at radius 2 is 2.09 bits per heavy atom. The van der Waals surface area contributed by atoms with Crippen LogP contribution in [0.2, 0.25) is 0 Å². The quantitative estimate of drug-likeness (QED) is 0.859. The fraction of sp³-hybridized carbons (Fsp3) is 0.562. The van der Waals surface area contributed by atoms with Crippen LogP contribution in [-0.2, 0) is 20.7 Å². The van der Waals surface area contributed by atoms with Gasteiger partial charge in [0, 0.05) is 37.7 Å². The SMILES string of the molecule is Cc1ccc(CC(=O)N(CCC(=O)O)C2CCOCC2)cn1. The number of carbonyl (C=O) groups is 2. The minimum Gasteiger partial charge on any atom is -0.481 e. The van der Waals surface area contributed by atoms with Crippen LogP contribution in [0.5, 0.6) is 0 Å². The largest absolute Gasteiger partial charge is 0.481 e. The van der Waals surface area contributed by atoms with Gasteiger partial charge in [0.05, 0.1) is 12.8 Å². The fourth-order valence-electron chi connectivity index (χ4n) is 2.60. The van der Waals surface area contributed by atoms with Crippen molar-refractivity contribution >= 4 is 11.9 Å². The molecule has 1 fully saturated rings. The Morgan fingerprint density at radius 3 is 2.68 bits per heavy atom. The minimum absolute atomic E-state index is 0.0325. The maximum atomic E-state index is 12.6. The lowest BCUT2D eigenvalue weighted by molar-refractivity contribution is -0.140. The molecule has 2 rings (SSSR count). The van der Waals surface area contributed by atoms with E-state index in [0.717, 1.165) is 24.1 Å². The molecule has 0 spiro atoms. The highest BCUT2D eigenvalue weighted by molar-refractivity contribution is 5.79. The van der Waals surface area contributed by atoms with Gasteiger partial charge in [-0.2, -0.15) is 0 Å². The highest BCUT2D eigenvalue weighted by Gasteiger charge is 2.26. The van der Waals surface area contributed by atoms with Crippen LogP contribution < -0.4 is 0 Å². The molecule has 0 atom stereocenters. The lowest BCUT2D eigenvalue weighted by Crippen LogP contribution is -2.45. The summed E-state index contributed by atoms with van der Waals surface area (Å²) in [5.74, 6) is -0.930. The number of pyridine rings is 1. The van der Waals surface area contributed by atoms with Gasteiger partial charge in [-0.25, -0.2) is 0 Å². The summed E-state index contributed by atoms with van der Waals surface area (Å²) in [6.45, 7) is 3.38. The summed E-state index contributed by atoms with van der Waals surface area (Å²) in [5, 5.41) is 8.89. The van der Waals surface area contributed by atoms with Gasteiger partial charge in [0.2, 0.25) is 5.91 Å². The zero-order chi connectivity index (χ0) is 15.9. The predicted octanol–water partition coefficient (Wildman–Crippen LogP) is 1.41. The molecule has 1 aliphatic rings. The second-order valence-electron chi connectivity index (χ2n) is 5.56. The smallest absolute Gasteiger partial charge is 0.305 e. The van der Waals surface area contributed by atoms with Crippen LogP contribution in [0.25, 0.3) is 0 Å². The maximum Gasteiger partial charge on any atom is 0.305 e. The van der Waals surface area contributed by atoms with Gasteiger partial charge in [-0.3, -0.25) is 14.6 Å². The van der Waals surface area contributed by atoms with E-state index in [1.54, 1.807) is 11.1 Å². The summed E-state index contributed by atoms with van der Waals surface area (Å²) >= 11 is 0. The first-order chi connectivity index (χ1) is 10.6. The van der Waals surface area contributed by atoms with Gasteiger partial charge in [0.15, 0.2) is 0 Å². The van der Waals surface area contributed by atoms with Gasteiger partial charge >= 0.3 is 5.97 Å².